The summed E-state index contributed by atoms with van der Waals surface area (Å²) in [6.45, 7) is 1.76. The number of nitrogens with one attached hydrogen (secondary N) is 1. The molecule has 134 valence electrons. The molecule has 0 amide bonds. The predicted molar refractivity (Wildman–Crippen MR) is 106 cm³/mol. The maximum absolute atomic E-state index is 12.7. The summed E-state index contributed by atoms with van der Waals surface area (Å²) in [7, 11) is 0. The van der Waals surface area contributed by atoms with Gasteiger partial charge in [-0.3, -0.25) is 14.3 Å². The lowest BCUT2D eigenvalue weighted by Crippen LogP contribution is -2.32. The summed E-state index contributed by atoms with van der Waals surface area (Å²) in [5.74, 6) is 0.552. The first-order valence-electron chi connectivity index (χ1n) is 8.26. The molecule has 0 saturated carbocycles. The summed E-state index contributed by atoms with van der Waals surface area (Å²) in [4.78, 5) is 26.5. The smallest absolute Gasteiger partial charge is 0.264 e. The lowest BCUT2D eigenvalue weighted by atomic mass is 10.1. The Balaban J connectivity index is 1.85. The number of aromatic nitrogens is 4. The maximum Gasteiger partial charge on any atom is 0.264 e. The molecule has 0 unspecified atom stereocenters. The van der Waals surface area contributed by atoms with Crippen molar-refractivity contribution in [2.24, 2.45) is 0 Å². The van der Waals surface area contributed by atoms with Crippen LogP contribution in [-0.2, 0) is 0 Å². The van der Waals surface area contributed by atoms with E-state index in [0.717, 1.165) is 25.9 Å². The molecule has 6 nitrogen and oxygen atoms in total. The van der Waals surface area contributed by atoms with Crippen LogP contribution in [0.1, 0.15) is 19.3 Å². The third-order valence-electron chi connectivity index (χ3n) is 4.45. The third-order valence-corrected chi connectivity index (χ3v) is 5.59. The second-order valence-electron chi connectivity index (χ2n) is 6.15. The van der Waals surface area contributed by atoms with Crippen LogP contribution in [0.5, 0.6) is 0 Å². The van der Waals surface area contributed by atoms with Gasteiger partial charge in [0.05, 0.1) is 10.0 Å². The quantitative estimate of drug-likeness (QED) is 0.646. The molecule has 1 aliphatic heterocycles. The minimum absolute atomic E-state index is 0.286. The Kier molecular flexibility index (Phi) is 4.69. The summed E-state index contributed by atoms with van der Waals surface area (Å²) in [5.41, 5.74) is 0.733. The van der Waals surface area contributed by atoms with Gasteiger partial charge < -0.3 is 4.90 Å². The minimum Gasteiger partial charge on any atom is -0.342 e. The number of aromatic amines is 1. The summed E-state index contributed by atoms with van der Waals surface area (Å²) >= 11 is 17.6. The van der Waals surface area contributed by atoms with Crippen LogP contribution in [-0.4, -0.2) is 32.6 Å². The fourth-order valence-electron chi connectivity index (χ4n) is 3.10. The van der Waals surface area contributed by atoms with E-state index in [4.69, 9.17) is 35.4 Å². The van der Waals surface area contributed by atoms with Crippen LogP contribution in [0.15, 0.2) is 29.3 Å². The van der Waals surface area contributed by atoms with Crippen molar-refractivity contribution >= 4 is 52.4 Å². The first-order chi connectivity index (χ1) is 12.5. The van der Waals surface area contributed by atoms with Crippen LogP contribution in [0.25, 0.3) is 16.7 Å². The average molecular weight is 408 g/mol. The second kappa shape index (κ2) is 6.98. The van der Waals surface area contributed by atoms with E-state index in [0.29, 0.717) is 32.0 Å². The van der Waals surface area contributed by atoms with Gasteiger partial charge in [0.2, 0.25) is 5.95 Å². The number of hydrogen-bond acceptors (Lipinski definition) is 5. The van der Waals surface area contributed by atoms with Gasteiger partial charge in [0.15, 0.2) is 5.65 Å². The van der Waals surface area contributed by atoms with Gasteiger partial charge in [-0.25, -0.2) is 4.98 Å². The molecule has 1 saturated heterocycles. The Morgan fingerprint density at radius 2 is 1.88 bits per heavy atom. The van der Waals surface area contributed by atoms with Crippen molar-refractivity contribution in [2.75, 3.05) is 18.0 Å². The number of nitrogens with zero attached hydrogens (tertiary/aromatic N) is 4. The Hall–Kier alpha value is -1.96. The third kappa shape index (κ3) is 3.11. The van der Waals surface area contributed by atoms with Gasteiger partial charge in [-0.05, 0) is 37.5 Å². The van der Waals surface area contributed by atoms with Gasteiger partial charge in [-0.15, -0.1) is 0 Å². The molecular formula is C17H15Cl2N5OS. The monoisotopic (exact) mass is 407 g/mol. The Labute approximate surface area is 164 Å². The fraction of sp³-hybridized carbons (Fsp3) is 0.294. The SMILES string of the molecule is O=c1[nH]c(N2CCCCC2)nc2ncn(-c3ccc(Cl)c(Cl)c3)c(=S)c12. The molecule has 0 radical (unpaired) electrons. The maximum atomic E-state index is 12.7. The van der Waals surface area contributed by atoms with E-state index < -0.39 is 0 Å². The Morgan fingerprint density at radius 1 is 1.12 bits per heavy atom. The molecule has 4 rings (SSSR count). The molecule has 0 spiro atoms. The Bertz CT molecular complexity index is 1100. The number of hydrogen-bond donors (Lipinski definition) is 1. The van der Waals surface area contributed by atoms with Crippen molar-refractivity contribution in [3.63, 3.8) is 0 Å². The molecule has 0 bridgehead atoms. The van der Waals surface area contributed by atoms with Crippen LogP contribution in [0.2, 0.25) is 10.0 Å². The van der Waals surface area contributed by atoms with Gasteiger partial charge >= 0.3 is 0 Å². The van der Waals surface area contributed by atoms with E-state index in [9.17, 15) is 4.79 Å². The van der Waals surface area contributed by atoms with Crippen LogP contribution in [0, 0.1) is 4.64 Å². The topological polar surface area (TPSA) is 66.8 Å². The fourth-order valence-corrected chi connectivity index (χ4v) is 3.72. The number of rotatable bonds is 2. The summed E-state index contributed by atoms with van der Waals surface area (Å²) < 4.78 is 1.95. The highest BCUT2D eigenvalue weighted by molar-refractivity contribution is 7.71. The van der Waals surface area contributed by atoms with Crippen LogP contribution in [0.3, 0.4) is 0 Å². The minimum atomic E-state index is -0.289. The van der Waals surface area contributed by atoms with Crippen molar-refractivity contribution in [3.05, 3.63) is 49.6 Å². The number of fused-ring (bicyclic) bond motifs is 1. The van der Waals surface area contributed by atoms with E-state index >= 15 is 0 Å². The lowest BCUT2D eigenvalue weighted by Gasteiger charge is -2.26. The zero-order chi connectivity index (χ0) is 18.3. The molecule has 26 heavy (non-hydrogen) atoms. The van der Waals surface area contributed by atoms with Crippen LogP contribution >= 0.6 is 35.4 Å². The van der Waals surface area contributed by atoms with Crippen molar-refractivity contribution in [1.82, 2.24) is 19.5 Å². The number of anilines is 1. The zero-order valence-electron chi connectivity index (χ0n) is 13.7. The van der Waals surface area contributed by atoms with Gasteiger partial charge in [0.1, 0.15) is 16.4 Å². The molecule has 1 N–H and O–H groups in total. The van der Waals surface area contributed by atoms with Gasteiger partial charge in [-0.2, -0.15) is 4.98 Å². The first kappa shape index (κ1) is 17.5. The standard InChI is InChI=1S/C17H15Cl2N5OS/c18-11-5-4-10(8-12(11)19)24-9-20-14-13(16(24)26)15(25)22-17(21-14)23-6-2-1-3-7-23/h4-5,8-9H,1-3,6-7H2,(H,21,22,25). The molecule has 1 aromatic carbocycles. The molecule has 9 heteroatoms. The van der Waals surface area contributed by atoms with Gasteiger partial charge in [0.25, 0.3) is 5.56 Å². The first-order valence-corrected chi connectivity index (χ1v) is 9.43. The predicted octanol–water partition coefficient (Wildman–Crippen LogP) is 4.14. The molecule has 1 fully saturated rings. The molecule has 0 aliphatic carbocycles. The van der Waals surface area contributed by atoms with Gasteiger partial charge in [-0.1, -0.05) is 35.4 Å². The van der Waals surface area contributed by atoms with Crippen molar-refractivity contribution in [1.29, 1.82) is 0 Å². The second-order valence-corrected chi connectivity index (χ2v) is 7.36. The molecule has 2 aromatic heterocycles. The van der Waals surface area contributed by atoms with Crippen molar-refractivity contribution < 1.29 is 0 Å². The highest BCUT2D eigenvalue weighted by atomic mass is 35.5. The van der Waals surface area contributed by atoms with E-state index in [1.54, 1.807) is 29.1 Å². The average Bonchev–Trinajstić information content (AvgIpc) is 2.65. The Morgan fingerprint density at radius 3 is 2.62 bits per heavy atom. The van der Waals surface area contributed by atoms with Crippen LogP contribution < -0.4 is 10.5 Å². The highest BCUT2D eigenvalue weighted by Gasteiger charge is 2.16. The molecule has 3 heterocycles. The summed E-state index contributed by atoms with van der Waals surface area (Å²) in [6, 6.07) is 5.12. The number of piperidine rings is 1. The normalized spacial score (nSPS) is 14.8. The molecule has 1 aliphatic rings. The summed E-state index contributed by atoms with van der Waals surface area (Å²) in [6.07, 6.45) is 4.93. The lowest BCUT2D eigenvalue weighted by molar-refractivity contribution is 0.568. The highest BCUT2D eigenvalue weighted by Crippen LogP contribution is 2.25. The zero-order valence-corrected chi connectivity index (χ0v) is 16.0. The van der Waals surface area contributed by atoms with E-state index in [1.807, 2.05) is 0 Å². The van der Waals surface area contributed by atoms with Crippen LogP contribution in [0.4, 0.5) is 5.95 Å². The number of H-pyrrole nitrogens is 1. The summed E-state index contributed by atoms with van der Waals surface area (Å²) in [5, 5.41) is 1.13. The number of halogens is 2. The molecular weight excluding hydrogens is 393 g/mol. The van der Waals surface area contributed by atoms with Crippen molar-refractivity contribution in [3.8, 4) is 5.69 Å². The largest absolute Gasteiger partial charge is 0.342 e. The van der Waals surface area contributed by atoms with Gasteiger partial charge in [0, 0.05) is 18.8 Å². The molecule has 0 atom stereocenters. The van der Waals surface area contributed by atoms with E-state index in [1.165, 1.54) is 6.42 Å². The molecule has 3 aromatic rings. The van der Waals surface area contributed by atoms with E-state index in [2.05, 4.69) is 19.9 Å². The van der Waals surface area contributed by atoms with Crippen molar-refractivity contribution in [2.45, 2.75) is 19.3 Å². The van der Waals surface area contributed by atoms with E-state index in [-0.39, 0.29) is 10.9 Å². The number of benzene rings is 1.